The van der Waals surface area contributed by atoms with Crippen LogP contribution in [0.25, 0.3) is 0 Å². The molecule has 1 atom stereocenters. The molecule has 0 fully saturated rings. The lowest BCUT2D eigenvalue weighted by atomic mass is 10.1. The van der Waals surface area contributed by atoms with Crippen LogP contribution in [-0.2, 0) is 0 Å². The van der Waals surface area contributed by atoms with Crippen LogP contribution in [0.5, 0.6) is 17.2 Å². The monoisotopic (exact) mass is 440 g/mol. The van der Waals surface area contributed by atoms with Gasteiger partial charge in [-0.2, -0.15) is 0 Å². The van der Waals surface area contributed by atoms with E-state index < -0.39 is 0 Å². The maximum atomic E-state index is 12.7. The van der Waals surface area contributed by atoms with Gasteiger partial charge < -0.3 is 29.7 Å². The first-order valence-corrected chi connectivity index (χ1v) is 10.6. The Morgan fingerprint density at radius 2 is 1.97 bits per heavy atom. The molecule has 1 aromatic heterocycles. The summed E-state index contributed by atoms with van der Waals surface area (Å²) in [6.07, 6.45) is 0. The Labute approximate surface area is 184 Å². The van der Waals surface area contributed by atoms with Gasteiger partial charge in [0, 0.05) is 23.7 Å². The van der Waals surface area contributed by atoms with Crippen LogP contribution < -0.4 is 24.8 Å². The number of carbonyl (C=O) groups is 1. The van der Waals surface area contributed by atoms with E-state index in [1.807, 2.05) is 56.6 Å². The number of carbonyl (C=O) groups excluding carboxylic acids is 1. The van der Waals surface area contributed by atoms with Crippen molar-refractivity contribution in [3.05, 3.63) is 59.1 Å². The molecule has 2 aromatic carbocycles. The molecule has 1 aliphatic heterocycles. The van der Waals surface area contributed by atoms with Gasteiger partial charge in [-0.25, -0.2) is 4.98 Å². The first-order valence-electron chi connectivity index (χ1n) is 9.74. The average Bonchev–Trinajstić information content (AvgIpc) is 3.43. The van der Waals surface area contributed by atoms with Crippen LogP contribution in [0.3, 0.4) is 0 Å². The van der Waals surface area contributed by atoms with Gasteiger partial charge in [0.15, 0.2) is 16.6 Å². The summed E-state index contributed by atoms with van der Waals surface area (Å²) in [6.45, 7) is 0.686. The van der Waals surface area contributed by atoms with Crippen molar-refractivity contribution in [2.45, 2.75) is 6.04 Å². The third-order valence-corrected chi connectivity index (χ3v) is 5.70. The summed E-state index contributed by atoms with van der Waals surface area (Å²) in [6, 6.07) is 13.4. The summed E-state index contributed by atoms with van der Waals surface area (Å²) in [5.74, 6) is 2.00. The van der Waals surface area contributed by atoms with Crippen LogP contribution in [0.15, 0.2) is 47.8 Å². The standard InChI is InChI=1S/C22H24N4O4S/c1-26(2)18(14-4-7-16(28-3)8-5-14)11-23-21(27)17-12-31-22(25-17)24-15-6-9-19-20(10-15)30-13-29-19/h4-10,12,18H,11,13H2,1-3H3,(H,23,27)(H,24,25). The van der Waals surface area contributed by atoms with Crippen molar-refractivity contribution in [2.24, 2.45) is 0 Å². The summed E-state index contributed by atoms with van der Waals surface area (Å²) >= 11 is 1.37. The number of rotatable bonds is 8. The molecule has 3 aromatic rings. The zero-order valence-corrected chi connectivity index (χ0v) is 18.4. The largest absolute Gasteiger partial charge is 0.497 e. The molecule has 8 nitrogen and oxygen atoms in total. The van der Waals surface area contributed by atoms with Crippen LogP contribution in [0.4, 0.5) is 10.8 Å². The van der Waals surface area contributed by atoms with Crippen molar-refractivity contribution in [3.8, 4) is 17.2 Å². The number of amides is 1. The molecule has 0 radical (unpaired) electrons. The minimum Gasteiger partial charge on any atom is -0.497 e. The molecule has 1 aliphatic rings. The van der Waals surface area contributed by atoms with E-state index in [-0.39, 0.29) is 18.7 Å². The Morgan fingerprint density at radius 1 is 1.19 bits per heavy atom. The normalized spacial score (nSPS) is 13.2. The summed E-state index contributed by atoms with van der Waals surface area (Å²) in [5, 5.41) is 8.55. The van der Waals surface area contributed by atoms with Crippen LogP contribution in [0.1, 0.15) is 22.1 Å². The van der Waals surface area contributed by atoms with E-state index in [9.17, 15) is 4.79 Å². The Hall–Kier alpha value is -3.30. The summed E-state index contributed by atoms with van der Waals surface area (Å²) in [7, 11) is 5.61. The molecule has 9 heteroatoms. The molecule has 1 unspecified atom stereocenters. The molecule has 162 valence electrons. The van der Waals surface area contributed by atoms with Gasteiger partial charge in [0.05, 0.1) is 13.2 Å². The van der Waals surface area contributed by atoms with Gasteiger partial charge in [0.25, 0.3) is 5.91 Å². The van der Waals surface area contributed by atoms with Crippen LogP contribution in [-0.4, -0.2) is 50.3 Å². The van der Waals surface area contributed by atoms with Crippen molar-refractivity contribution in [2.75, 3.05) is 39.9 Å². The second-order valence-electron chi connectivity index (χ2n) is 7.19. The summed E-state index contributed by atoms with van der Waals surface area (Å²) in [4.78, 5) is 19.1. The highest BCUT2D eigenvalue weighted by Gasteiger charge is 2.18. The zero-order chi connectivity index (χ0) is 21.8. The van der Waals surface area contributed by atoms with Gasteiger partial charge in [0.2, 0.25) is 6.79 Å². The first kappa shape index (κ1) is 21.0. The third kappa shape index (κ3) is 4.89. The van der Waals surface area contributed by atoms with E-state index in [0.29, 0.717) is 23.1 Å². The second kappa shape index (κ2) is 9.23. The van der Waals surface area contributed by atoms with Crippen LogP contribution >= 0.6 is 11.3 Å². The highest BCUT2D eigenvalue weighted by Crippen LogP contribution is 2.35. The maximum absolute atomic E-state index is 12.7. The molecular formula is C22H24N4O4S. The maximum Gasteiger partial charge on any atom is 0.270 e. The molecule has 0 aliphatic carbocycles. The predicted octanol–water partition coefficient (Wildman–Crippen LogP) is 3.66. The van der Waals surface area contributed by atoms with Gasteiger partial charge in [-0.05, 0) is 43.9 Å². The fourth-order valence-electron chi connectivity index (χ4n) is 3.24. The van der Waals surface area contributed by atoms with Gasteiger partial charge in [-0.1, -0.05) is 12.1 Å². The number of hydrogen-bond acceptors (Lipinski definition) is 8. The van der Waals surface area contributed by atoms with Crippen LogP contribution in [0, 0.1) is 0 Å². The minimum atomic E-state index is -0.213. The molecule has 4 rings (SSSR count). The van der Waals surface area contributed by atoms with E-state index >= 15 is 0 Å². The number of thiazole rings is 1. The molecule has 0 saturated carbocycles. The lowest BCUT2D eigenvalue weighted by Gasteiger charge is -2.25. The number of likely N-dealkylation sites (N-methyl/N-ethyl adjacent to an activating group) is 1. The molecule has 0 spiro atoms. The topological polar surface area (TPSA) is 85.0 Å². The number of fused-ring (bicyclic) bond motifs is 1. The van der Waals surface area contributed by atoms with Gasteiger partial charge in [0.1, 0.15) is 11.4 Å². The lowest BCUT2D eigenvalue weighted by Crippen LogP contribution is -2.34. The highest BCUT2D eigenvalue weighted by molar-refractivity contribution is 7.14. The van der Waals surface area contributed by atoms with Crippen molar-refractivity contribution >= 4 is 28.1 Å². The van der Waals surface area contributed by atoms with Gasteiger partial charge >= 0.3 is 0 Å². The Balaban J connectivity index is 1.37. The molecule has 31 heavy (non-hydrogen) atoms. The van der Waals surface area contributed by atoms with Crippen molar-refractivity contribution in [1.29, 1.82) is 0 Å². The van der Waals surface area contributed by atoms with Crippen molar-refractivity contribution < 1.29 is 19.0 Å². The number of aromatic nitrogens is 1. The molecule has 1 amide bonds. The second-order valence-corrected chi connectivity index (χ2v) is 8.05. The number of anilines is 2. The lowest BCUT2D eigenvalue weighted by molar-refractivity contribution is 0.0937. The molecule has 2 N–H and O–H groups in total. The number of ether oxygens (including phenoxy) is 3. The van der Waals surface area contributed by atoms with Gasteiger partial charge in [-0.3, -0.25) is 4.79 Å². The predicted molar refractivity (Wildman–Crippen MR) is 120 cm³/mol. The van der Waals surface area contributed by atoms with Gasteiger partial charge in [-0.15, -0.1) is 11.3 Å². The Kier molecular flexibility index (Phi) is 6.24. The smallest absolute Gasteiger partial charge is 0.270 e. The number of nitrogens with one attached hydrogen (secondary N) is 2. The molecule has 2 heterocycles. The Morgan fingerprint density at radius 3 is 2.71 bits per heavy atom. The number of hydrogen-bond donors (Lipinski definition) is 2. The SMILES string of the molecule is COc1ccc(C(CNC(=O)c2csc(Nc3ccc4c(c3)OCO4)n2)N(C)C)cc1. The quantitative estimate of drug-likeness (QED) is 0.553. The Bertz CT molecular complexity index is 1050. The minimum absolute atomic E-state index is 0.0275. The molecular weight excluding hydrogens is 416 g/mol. The summed E-state index contributed by atoms with van der Waals surface area (Å²) in [5.41, 5.74) is 2.28. The number of benzene rings is 2. The van der Waals surface area contributed by atoms with Crippen molar-refractivity contribution in [1.82, 2.24) is 15.2 Å². The van der Waals surface area contributed by atoms with E-state index in [1.54, 1.807) is 12.5 Å². The molecule has 0 bridgehead atoms. The molecule has 0 saturated heterocycles. The first-order chi connectivity index (χ1) is 15.0. The number of methoxy groups -OCH3 is 1. The van der Waals surface area contributed by atoms with E-state index in [4.69, 9.17) is 14.2 Å². The average molecular weight is 441 g/mol. The van der Waals surface area contributed by atoms with E-state index in [1.165, 1.54) is 11.3 Å². The fourth-order valence-corrected chi connectivity index (χ4v) is 3.95. The van der Waals surface area contributed by atoms with E-state index in [2.05, 4.69) is 20.5 Å². The third-order valence-electron chi connectivity index (χ3n) is 4.94. The summed E-state index contributed by atoms with van der Waals surface area (Å²) < 4.78 is 15.9. The number of nitrogens with zero attached hydrogens (tertiary/aromatic N) is 2. The van der Waals surface area contributed by atoms with Crippen LogP contribution in [0.2, 0.25) is 0 Å². The highest BCUT2D eigenvalue weighted by atomic mass is 32.1. The fraction of sp³-hybridized carbons (Fsp3) is 0.273. The van der Waals surface area contributed by atoms with Crippen molar-refractivity contribution in [3.63, 3.8) is 0 Å². The van der Waals surface area contributed by atoms with E-state index in [0.717, 1.165) is 22.7 Å². The zero-order valence-electron chi connectivity index (χ0n) is 17.5.